The number of aliphatic hydroxyl groups is 1. The fourth-order valence-electron chi connectivity index (χ4n) is 8.30. The van der Waals surface area contributed by atoms with Crippen LogP contribution in [0.1, 0.15) is 40.3 Å². The average molecular weight is 925 g/mol. The predicted octanol–water partition coefficient (Wildman–Crippen LogP) is 8.52. The van der Waals surface area contributed by atoms with Crippen LogP contribution in [0.5, 0.6) is 0 Å². The summed E-state index contributed by atoms with van der Waals surface area (Å²) >= 11 is 0. The van der Waals surface area contributed by atoms with Crippen molar-refractivity contribution in [3.05, 3.63) is 215 Å². The van der Waals surface area contributed by atoms with Gasteiger partial charge < -0.3 is 52.5 Å². The zero-order chi connectivity index (χ0) is 46.8. The number of ether oxygens (including phenoxy) is 10. The number of benzene rings is 6. The molecule has 6 aromatic rings. The van der Waals surface area contributed by atoms with Crippen molar-refractivity contribution >= 4 is 5.97 Å². The van der Waals surface area contributed by atoms with Gasteiger partial charge in [-0.2, -0.15) is 0 Å². The van der Waals surface area contributed by atoms with Crippen LogP contribution in [0.3, 0.4) is 0 Å². The Kier molecular flexibility index (Phi) is 18.4. The fraction of sp³-hybridized carbons (Fsp3) is 0.339. The van der Waals surface area contributed by atoms with E-state index in [1.54, 1.807) is 0 Å². The first-order valence-corrected chi connectivity index (χ1v) is 23.1. The van der Waals surface area contributed by atoms with Gasteiger partial charge in [-0.25, -0.2) is 0 Å². The van der Waals surface area contributed by atoms with Gasteiger partial charge in [-0.15, -0.1) is 0 Å². The van der Waals surface area contributed by atoms with Crippen LogP contribution in [0.15, 0.2) is 182 Å². The Labute approximate surface area is 398 Å². The Morgan fingerprint density at radius 2 is 0.721 bits per heavy atom. The smallest absolute Gasteiger partial charge is 0.303 e. The van der Waals surface area contributed by atoms with E-state index >= 15 is 0 Å². The molecule has 0 radical (unpaired) electrons. The van der Waals surface area contributed by atoms with Crippen molar-refractivity contribution in [2.75, 3.05) is 13.2 Å². The minimum Gasteiger partial charge on any atom is -0.454 e. The summed E-state index contributed by atoms with van der Waals surface area (Å²) in [6.07, 6.45) is -10.6. The van der Waals surface area contributed by atoms with E-state index in [0.717, 1.165) is 33.4 Å². The molecule has 12 nitrogen and oxygen atoms in total. The lowest BCUT2D eigenvalue weighted by Crippen LogP contribution is -2.65. The van der Waals surface area contributed by atoms with Gasteiger partial charge in [0.05, 0.1) is 52.9 Å². The van der Waals surface area contributed by atoms with Gasteiger partial charge in [-0.05, 0) is 33.4 Å². The van der Waals surface area contributed by atoms with Crippen LogP contribution in [0, 0.1) is 0 Å². The van der Waals surface area contributed by atoms with Gasteiger partial charge in [0.1, 0.15) is 42.7 Å². The number of carbonyl (C=O) groups excluding carboxylic acids is 1. The van der Waals surface area contributed by atoms with Crippen molar-refractivity contribution in [1.29, 1.82) is 0 Å². The van der Waals surface area contributed by atoms with E-state index in [-0.39, 0.29) is 39.6 Å². The zero-order valence-electron chi connectivity index (χ0n) is 38.2. The van der Waals surface area contributed by atoms with E-state index in [4.69, 9.17) is 47.4 Å². The lowest BCUT2D eigenvalue weighted by Gasteiger charge is -2.48. The van der Waals surface area contributed by atoms with Crippen LogP contribution in [0.2, 0.25) is 0 Å². The SMILES string of the molecule is CC(=O)O[C@H]1[C@H](O[C@H]2O[C@H](COCc3ccccc3)[C@@H](OCc3ccccc3)[C@H](OCc3ccccc3)[C@@H]2O)O[C@H](COCc2ccccc2)[C@@H](OCc2ccccc2)[C@@H]1OCc1ccccc1. The maximum absolute atomic E-state index is 13.1. The molecule has 0 unspecified atom stereocenters. The third-order valence-electron chi connectivity index (χ3n) is 11.7. The van der Waals surface area contributed by atoms with Crippen LogP contribution < -0.4 is 0 Å². The van der Waals surface area contributed by atoms with Crippen molar-refractivity contribution in [3.8, 4) is 0 Å². The van der Waals surface area contributed by atoms with Crippen molar-refractivity contribution in [2.24, 2.45) is 0 Å². The van der Waals surface area contributed by atoms with Crippen LogP contribution >= 0.6 is 0 Å². The van der Waals surface area contributed by atoms with Gasteiger partial charge in [-0.1, -0.05) is 182 Å². The van der Waals surface area contributed by atoms with Crippen molar-refractivity contribution in [1.82, 2.24) is 0 Å². The number of carbonyl (C=O) groups is 1. The topological polar surface area (TPSA) is 130 Å². The summed E-state index contributed by atoms with van der Waals surface area (Å²) < 4.78 is 65.8. The minimum atomic E-state index is -1.44. The average Bonchev–Trinajstić information content (AvgIpc) is 3.38. The van der Waals surface area contributed by atoms with Crippen molar-refractivity contribution < 1.29 is 57.3 Å². The molecule has 6 aromatic carbocycles. The molecule has 0 spiro atoms. The maximum atomic E-state index is 13.1. The van der Waals surface area contributed by atoms with Gasteiger partial charge in [0, 0.05) is 6.92 Å². The standard InChI is InChI=1S/C56H60O12/c1-40(57)65-54-53(64-37-46-30-18-7-19-31-46)51(62-35-44-26-14-5-15-27-44)48(39-60-33-42-22-10-3-11-23-42)67-56(54)68-55-49(58)52(63-36-45-28-16-6-17-29-45)50(61-34-43-24-12-4-13-25-43)47(66-55)38-59-32-41-20-8-2-9-21-41/h2-31,47-56,58H,32-39H2,1H3/t47-,48-,49+,50-,51-,52-,53+,54-,55-,56+/m1/s1. The number of rotatable bonds is 23. The van der Waals surface area contributed by atoms with E-state index in [9.17, 15) is 9.90 Å². The molecular weight excluding hydrogens is 865 g/mol. The van der Waals surface area contributed by atoms with Gasteiger partial charge in [-0.3, -0.25) is 4.79 Å². The second-order valence-corrected chi connectivity index (χ2v) is 16.8. The van der Waals surface area contributed by atoms with E-state index in [0.29, 0.717) is 13.2 Å². The molecule has 2 aliphatic rings. The summed E-state index contributed by atoms with van der Waals surface area (Å²) in [5.41, 5.74) is 5.58. The molecule has 0 saturated carbocycles. The molecule has 2 aliphatic heterocycles. The van der Waals surface area contributed by atoms with Crippen LogP contribution in [0.25, 0.3) is 0 Å². The molecule has 2 saturated heterocycles. The second kappa shape index (κ2) is 25.7. The summed E-state index contributed by atoms with van der Waals surface area (Å²) in [4.78, 5) is 13.1. The third-order valence-corrected chi connectivity index (χ3v) is 11.7. The van der Waals surface area contributed by atoms with E-state index < -0.39 is 67.4 Å². The van der Waals surface area contributed by atoms with Gasteiger partial charge in [0.25, 0.3) is 0 Å². The number of hydrogen-bond acceptors (Lipinski definition) is 12. The Balaban J connectivity index is 1.12. The highest BCUT2D eigenvalue weighted by Gasteiger charge is 2.54. The molecule has 8 rings (SSSR count). The molecule has 12 heteroatoms. The van der Waals surface area contributed by atoms with Gasteiger partial charge in [0.2, 0.25) is 6.29 Å². The largest absolute Gasteiger partial charge is 0.454 e. The molecule has 1 N–H and O–H groups in total. The molecule has 2 heterocycles. The molecule has 356 valence electrons. The first kappa shape index (κ1) is 48.8. The zero-order valence-corrected chi connectivity index (χ0v) is 38.2. The first-order valence-electron chi connectivity index (χ1n) is 23.1. The highest BCUT2D eigenvalue weighted by Crippen LogP contribution is 2.35. The van der Waals surface area contributed by atoms with E-state index in [1.807, 2.05) is 182 Å². The molecule has 0 bridgehead atoms. The Morgan fingerprint density at radius 3 is 1.09 bits per heavy atom. The van der Waals surface area contributed by atoms with E-state index in [1.165, 1.54) is 6.92 Å². The summed E-state index contributed by atoms with van der Waals surface area (Å²) in [5, 5.41) is 12.5. The fourth-order valence-corrected chi connectivity index (χ4v) is 8.30. The number of aliphatic hydroxyl groups excluding tert-OH is 1. The van der Waals surface area contributed by atoms with Crippen LogP contribution in [0.4, 0.5) is 0 Å². The quantitative estimate of drug-likeness (QED) is 0.0619. The normalized spacial score (nSPS) is 24.9. The molecule has 0 aliphatic carbocycles. The van der Waals surface area contributed by atoms with Crippen molar-refractivity contribution in [3.63, 3.8) is 0 Å². The summed E-state index contributed by atoms with van der Waals surface area (Å²) in [5.74, 6) is -0.600. The minimum absolute atomic E-state index is 0.0500. The molecule has 68 heavy (non-hydrogen) atoms. The third kappa shape index (κ3) is 14.2. The Morgan fingerprint density at radius 1 is 0.412 bits per heavy atom. The lowest BCUT2D eigenvalue weighted by atomic mass is 9.96. The first-order chi connectivity index (χ1) is 33.5. The van der Waals surface area contributed by atoms with Crippen LogP contribution in [-0.2, 0) is 91.8 Å². The highest BCUT2D eigenvalue weighted by molar-refractivity contribution is 5.66. The molecular formula is C56H60O12. The van der Waals surface area contributed by atoms with E-state index in [2.05, 4.69) is 0 Å². The van der Waals surface area contributed by atoms with Crippen molar-refractivity contribution in [2.45, 2.75) is 108 Å². The lowest BCUT2D eigenvalue weighted by molar-refractivity contribution is -0.387. The summed E-state index contributed by atoms with van der Waals surface area (Å²) in [7, 11) is 0. The number of hydrogen-bond donors (Lipinski definition) is 1. The molecule has 0 amide bonds. The van der Waals surface area contributed by atoms with Gasteiger partial charge in [0.15, 0.2) is 12.4 Å². The number of esters is 1. The van der Waals surface area contributed by atoms with Crippen LogP contribution in [-0.4, -0.2) is 85.7 Å². The molecule has 0 aromatic heterocycles. The molecule has 10 atom stereocenters. The monoisotopic (exact) mass is 924 g/mol. The predicted molar refractivity (Wildman–Crippen MR) is 252 cm³/mol. The second-order valence-electron chi connectivity index (χ2n) is 16.8. The molecule has 2 fully saturated rings. The Bertz CT molecular complexity index is 2330. The summed E-state index contributed by atoms with van der Waals surface area (Å²) in [6.45, 7) is 2.73. The summed E-state index contributed by atoms with van der Waals surface area (Å²) in [6, 6.07) is 58.5. The Hall–Kier alpha value is -5.61. The maximum Gasteiger partial charge on any atom is 0.303 e. The van der Waals surface area contributed by atoms with Gasteiger partial charge >= 0.3 is 5.97 Å². The highest BCUT2D eigenvalue weighted by atomic mass is 16.8.